The van der Waals surface area contributed by atoms with Gasteiger partial charge in [-0.1, -0.05) is 57.0 Å². The number of nitrogens with one attached hydrogen (secondary N) is 1. The summed E-state index contributed by atoms with van der Waals surface area (Å²) >= 11 is 0. The van der Waals surface area contributed by atoms with E-state index >= 15 is 0 Å². The van der Waals surface area contributed by atoms with Crippen molar-refractivity contribution in [3.63, 3.8) is 0 Å². The maximum atomic E-state index is 13.4. The molecular weight excluding hydrogens is 386 g/mol. The molecule has 156 valence electrons. The third kappa shape index (κ3) is 4.38. The molecule has 6 heteroatoms. The molecule has 0 aromatic heterocycles. The third-order valence-corrected chi connectivity index (χ3v) is 7.45. The van der Waals surface area contributed by atoms with Crippen LogP contribution in [0, 0.1) is 0 Å². The number of rotatable bonds is 7. The quantitative estimate of drug-likeness (QED) is 0.695. The molecule has 0 bridgehead atoms. The Kier molecular flexibility index (Phi) is 6.75. The minimum absolute atomic E-state index is 0.0453. The Balaban J connectivity index is 2.22. The highest BCUT2D eigenvalue weighted by atomic mass is 32.2. The topological polar surface area (TPSA) is 75.6 Å². The van der Waals surface area contributed by atoms with E-state index in [-0.39, 0.29) is 22.9 Å². The first-order valence-electron chi connectivity index (χ1n) is 10.1. The van der Waals surface area contributed by atoms with Gasteiger partial charge in [0.05, 0.1) is 24.0 Å². The summed E-state index contributed by atoms with van der Waals surface area (Å²) in [6.07, 6.45) is 3.88. The summed E-state index contributed by atoms with van der Waals surface area (Å²) in [5.74, 6) is -0.331. The molecule has 3 rings (SSSR count). The molecule has 5 nitrogen and oxygen atoms in total. The fourth-order valence-corrected chi connectivity index (χ4v) is 5.82. The van der Waals surface area contributed by atoms with Gasteiger partial charge >= 0.3 is 5.97 Å². The number of benzene rings is 2. The van der Waals surface area contributed by atoms with E-state index in [1.807, 2.05) is 30.3 Å². The van der Waals surface area contributed by atoms with Crippen LogP contribution in [0.1, 0.15) is 67.1 Å². The van der Waals surface area contributed by atoms with Crippen LogP contribution in [-0.4, -0.2) is 33.7 Å². The summed E-state index contributed by atoms with van der Waals surface area (Å²) in [5.41, 5.74) is 1.65. The van der Waals surface area contributed by atoms with Crippen molar-refractivity contribution in [2.75, 3.05) is 12.9 Å². The Labute approximate surface area is 174 Å². The second-order valence-corrected chi connectivity index (χ2v) is 9.03. The third-order valence-electron chi connectivity index (χ3n) is 5.80. The molecule has 0 saturated carbocycles. The molecular formula is C23H29NO4S. The van der Waals surface area contributed by atoms with Crippen molar-refractivity contribution in [2.24, 2.45) is 0 Å². The highest BCUT2D eigenvalue weighted by molar-refractivity contribution is 7.85. The smallest absolute Gasteiger partial charge is 0.339 e. The van der Waals surface area contributed by atoms with Crippen LogP contribution in [0.25, 0.3) is 0 Å². The van der Waals surface area contributed by atoms with Gasteiger partial charge in [-0.25, -0.2) is 4.79 Å². The monoisotopic (exact) mass is 415 g/mol. The molecule has 2 aromatic carbocycles. The molecule has 2 N–H and O–H groups in total. The van der Waals surface area contributed by atoms with Gasteiger partial charge in [-0.2, -0.15) is 0 Å². The normalized spacial score (nSPS) is 23.8. The summed E-state index contributed by atoms with van der Waals surface area (Å²) in [4.78, 5) is 12.3. The molecule has 0 spiro atoms. The maximum absolute atomic E-state index is 13.4. The first-order chi connectivity index (χ1) is 13.9. The van der Waals surface area contributed by atoms with Gasteiger partial charge in [0.1, 0.15) is 11.3 Å². The summed E-state index contributed by atoms with van der Waals surface area (Å²) in [6, 6.07) is 13.1. The van der Waals surface area contributed by atoms with Crippen molar-refractivity contribution in [3.05, 3.63) is 59.2 Å². The van der Waals surface area contributed by atoms with Crippen LogP contribution in [-0.2, 0) is 10.8 Å². The van der Waals surface area contributed by atoms with E-state index in [0.717, 1.165) is 36.8 Å². The van der Waals surface area contributed by atoms with E-state index in [2.05, 4.69) is 19.2 Å². The van der Waals surface area contributed by atoms with Crippen molar-refractivity contribution in [1.29, 1.82) is 0 Å². The average Bonchev–Trinajstić information content (AvgIpc) is 2.86. The molecule has 0 radical (unpaired) electrons. The van der Waals surface area contributed by atoms with Gasteiger partial charge in [0.15, 0.2) is 0 Å². The van der Waals surface area contributed by atoms with Gasteiger partial charge < -0.3 is 9.84 Å². The van der Waals surface area contributed by atoms with Crippen LogP contribution < -0.4 is 10.1 Å². The van der Waals surface area contributed by atoms with Gasteiger partial charge in [-0.3, -0.25) is 9.53 Å². The molecule has 1 unspecified atom stereocenters. The number of ether oxygens (including phenoxy) is 1. The zero-order valence-electron chi connectivity index (χ0n) is 17.2. The van der Waals surface area contributed by atoms with Crippen LogP contribution in [0.4, 0.5) is 0 Å². The minimum atomic E-state index is -1.32. The second-order valence-electron chi connectivity index (χ2n) is 7.61. The molecule has 0 saturated heterocycles. The number of carbonyl (C=O) groups is 1. The van der Waals surface area contributed by atoms with Crippen molar-refractivity contribution in [2.45, 2.75) is 56.0 Å². The number of hydrogen-bond donors (Lipinski definition) is 2. The summed E-state index contributed by atoms with van der Waals surface area (Å²) in [5, 5.41) is 13.4. The fourth-order valence-electron chi connectivity index (χ4n) is 4.04. The van der Waals surface area contributed by atoms with E-state index in [1.54, 1.807) is 6.07 Å². The van der Waals surface area contributed by atoms with Crippen molar-refractivity contribution < 1.29 is 18.8 Å². The number of fused-ring (bicyclic) bond motifs is 1. The number of unbranched alkanes of at least 4 members (excludes halogenated alkanes) is 1. The molecule has 29 heavy (non-hydrogen) atoms. The Morgan fingerprint density at radius 1 is 1.28 bits per heavy atom. The Morgan fingerprint density at radius 3 is 2.59 bits per heavy atom. The summed E-state index contributed by atoms with van der Waals surface area (Å²) in [6.45, 7) is 4.28. The van der Waals surface area contributed by atoms with E-state index < -0.39 is 16.8 Å². The summed E-state index contributed by atoms with van der Waals surface area (Å²) in [7, 11) is 0.144. The van der Waals surface area contributed by atoms with Crippen LogP contribution in [0.3, 0.4) is 0 Å². The number of hydrogen-bond acceptors (Lipinski definition) is 4. The number of carboxylic acid groups (broad SMARTS) is 1. The van der Waals surface area contributed by atoms with Gasteiger partial charge in [0.2, 0.25) is 0 Å². The molecule has 2 aromatic rings. The first-order valence-corrected chi connectivity index (χ1v) is 11.4. The van der Waals surface area contributed by atoms with Crippen molar-refractivity contribution >= 4 is 16.8 Å². The molecule has 1 aliphatic rings. The standard InChI is InChI=1S/C23H29NO4S/c1-4-6-12-23(5-2)15-29(27)20-14-17(22(25)26)19(28-3)13-18(20)21(24-23)16-10-8-7-9-11-16/h7-11,13-14,21,24H,4-6,12,15H2,1-3H3,(H,25,26)/t21-,23-,29?/m1/s1. The van der Waals surface area contributed by atoms with E-state index in [0.29, 0.717) is 10.6 Å². The van der Waals surface area contributed by atoms with Gasteiger partial charge in [-0.15, -0.1) is 0 Å². The predicted octanol–water partition coefficient (Wildman–Crippen LogP) is 4.53. The lowest BCUT2D eigenvalue weighted by molar-refractivity contribution is 0.0693. The zero-order chi connectivity index (χ0) is 21.0. The zero-order valence-corrected chi connectivity index (χ0v) is 18.1. The molecule has 1 aliphatic heterocycles. The van der Waals surface area contributed by atoms with Crippen LogP contribution in [0.2, 0.25) is 0 Å². The average molecular weight is 416 g/mol. The highest BCUT2D eigenvalue weighted by Crippen LogP contribution is 2.39. The molecule has 0 amide bonds. The largest absolute Gasteiger partial charge is 0.496 e. The van der Waals surface area contributed by atoms with Crippen LogP contribution >= 0.6 is 0 Å². The number of methoxy groups -OCH3 is 1. The van der Waals surface area contributed by atoms with Crippen molar-refractivity contribution in [1.82, 2.24) is 5.32 Å². The fraction of sp³-hybridized carbons (Fsp3) is 0.435. The Morgan fingerprint density at radius 2 is 2.00 bits per heavy atom. The first kappa shape index (κ1) is 21.5. The molecule has 3 atom stereocenters. The second kappa shape index (κ2) is 9.09. The van der Waals surface area contributed by atoms with E-state index in [9.17, 15) is 14.1 Å². The Hall–Kier alpha value is -2.18. The van der Waals surface area contributed by atoms with Crippen molar-refractivity contribution in [3.8, 4) is 5.75 Å². The lowest BCUT2D eigenvalue weighted by Crippen LogP contribution is -2.49. The van der Waals surface area contributed by atoms with E-state index in [1.165, 1.54) is 13.2 Å². The summed E-state index contributed by atoms with van der Waals surface area (Å²) < 4.78 is 18.8. The SMILES string of the molecule is CCCC[C@]1(CC)CS(=O)c2cc(C(=O)O)c(OC)cc2[C@@H](c2ccccc2)N1. The lowest BCUT2D eigenvalue weighted by atomic mass is 9.88. The van der Waals surface area contributed by atoms with E-state index in [4.69, 9.17) is 4.74 Å². The van der Waals surface area contributed by atoms with Crippen LogP contribution in [0.15, 0.2) is 47.4 Å². The van der Waals surface area contributed by atoms with Gasteiger partial charge in [0, 0.05) is 16.2 Å². The van der Waals surface area contributed by atoms with Gasteiger partial charge in [0.25, 0.3) is 0 Å². The van der Waals surface area contributed by atoms with Gasteiger partial charge in [-0.05, 0) is 36.1 Å². The molecule has 0 aliphatic carbocycles. The number of carboxylic acids is 1. The number of aromatic carboxylic acids is 1. The minimum Gasteiger partial charge on any atom is -0.496 e. The molecule has 0 fully saturated rings. The highest BCUT2D eigenvalue weighted by Gasteiger charge is 2.39. The molecule has 1 heterocycles. The predicted molar refractivity (Wildman–Crippen MR) is 115 cm³/mol. The Bertz CT molecular complexity index is 899. The van der Waals surface area contributed by atoms with Crippen LogP contribution in [0.5, 0.6) is 5.75 Å². The maximum Gasteiger partial charge on any atom is 0.339 e. The lowest BCUT2D eigenvalue weighted by Gasteiger charge is -2.36.